The summed E-state index contributed by atoms with van der Waals surface area (Å²) in [5.74, 6) is 0.887. The van der Waals surface area contributed by atoms with Gasteiger partial charge >= 0.3 is 0 Å². The quantitative estimate of drug-likeness (QED) is 0.184. The Labute approximate surface area is 252 Å². The van der Waals surface area contributed by atoms with E-state index < -0.39 is 0 Å². The van der Waals surface area contributed by atoms with Crippen LogP contribution in [0.4, 0.5) is 17.6 Å². The lowest BCUT2D eigenvalue weighted by atomic mass is 9.99. The number of allylic oxidation sites excluding steroid dienone is 1. The van der Waals surface area contributed by atoms with Crippen LogP contribution in [-0.2, 0) is 16.1 Å². The highest BCUT2D eigenvalue weighted by molar-refractivity contribution is 6.11. The molecule has 4 heterocycles. The summed E-state index contributed by atoms with van der Waals surface area (Å²) in [6.45, 7) is 8.00. The van der Waals surface area contributed by atoms with Crippen molar-refractivity contribution in [3.63, 3.8) is 0 Å². The molecule has 2 aliphatic heterocycles. The van der Waals surface area contributed by atoms with Crippen molar-refractivity contribution in [2.24, 2.45) is 5.92 Å². The van der Waals surface area contributed by atoms with E-state index in [0.717, 1.165) is 42.6 Å². The number of benzene rings is 1. The molecule has 12 heteroatoms. The van der Waals surface area contributed by atoms with Gasteiger partial charge in [0.25, 0.3) is 0 Å². The molecule has 4 N–H and O–H groups in total. The van der Waals surface area contributed by atoms with E-state index in [2.05, 4.69) is 40.2 Å². The molecule has 3 aromatic rings. The molecule has 0 bridgehead atoms. The van der Waals surface area contributed by atoms with Gasteiger partial charge < -0.3 is 30.9 Å². The molecular formula is C31H43N9O3. The predicted molar refractivity (Wildman–Crippen MR) is 168 cm³/mol. The number of aromatic nitrogens is 4. The Morgan fingerprint density at radius 3 is 2.72 bits per heavy atom. The van der Waals surface area contributed by atoms with Gasteiger partial charge in [-0.05, 0) is 63.5 Å². The van der Waals surface area contributed by atoms with Crippen LogP contribution in [0.3, 0.4) is 0 Å². The van der Waals surface area contributed by atoms with E-state index in [1.54, 1.807) is 16.7 Å². The van der Waals surface area contributed by atoms with Gasteiger partial charge in [-0.25, -0.2) is 0 Å². The average molecular weight is 590 g/mol. The second-order valence-corrected chi connectivity index (χ2v) is 11.8. The fraction of sp³-hybridized carbons (Fsp3) is 0.516. The molecule has 2 aromatic heterocycles. The SMILES string of the molecule is CC(C)c1cnn2c(NCc3cccc(NC(=O)C4CCNC4)c3C(=O)/C=C/CN(C)C)nc(NC3CCOCC3)nc12. The van der Waals surface area contributed by atoms with Gasteiger partial charge in [0, 0.05) is 44.5 Å². The maximum Gasteiger partial charge on any atom is 0.229 e. The molecule has 43 heavy (non-hydrogen) atoms. The number of hydrogen-bond donors (Lipinski definition) is 4. The number of likely N-dealkylation sites (N-methyl/N-ethyl adjacent to an activating group) is 1. The molecule has 1 amide bonds. The van der Waals surface area contributed by atoms with Crippen LogP contribution in [0.25, 0.3) is 5.65 Å². The third kappa shape index (κ3) is 7.56. The molecule has 230 valence electrons. The number of rotatable bonds is 12. The van der Waals surface area contributed by atoms with Crippen molar-refractivity contribution in [1.29, 1.82) is 0 Å². The van der Waals surface area contributed by atoms with Gasteiger partial charge in [0.2, 0.25) is 17.8 Å². The first-order chi connectivity index (χ1) is 20.8. The Morgan fingerprint density at radius 1 is 1.19 bits per heavy atom. The number of fused-ring (bicyclic) bond motifs is 1. The first-order valence-electron chi connectivity index (χ1n) is 15.1. The van der Waals surface area contributed by atoms with E-state index in [9.17, 15) is 9.59 Å². The van der Waals surface area contributed by atoms with Gasteiger partial charge in [0.15, 0.2) is 11.4 Å². The van der Waals surface area contributed by atoms with Crippen LogP contribution in [0.5, 0.6) is 0 Å². The van der Waals surface area contributed by atoms with Crippen molar-refractivity contribution in [2.45, 2.75) is 51.6 Å². The third-order valence-corrected chi connectivity index (χ3v) is 7.83. The van der Waals surface area contributed by atoms with Gasteiger partial charge in [-0.3, -0.25) is 9.59 Å². The molecule has 0 spiro atoms. The fourth-order valence-electron chi connectivity index (χ4n) is 5.39. The van der Waals surface area contributed by atoms with Crippen LogP contribution in [-0.4, -0.2) is 89.2 Å². The zero-order chi connectivity index (χ0) is 30.3. The van der Waals surface area contributed by atoms with Gasteiger partial charge in [0.05, 0.1) is 23.4 Å². The van der Waals surface area contributed by atoms with E-state index in [1.807, 2.05) is 43.4 Å². The molecule has 2 fully saturated rings. The number of hydrogen-bond acceptors (Lipinski definition) is 10. The summed E-state index contributed by atoms with van der Waals surface area (Å²) in [7, 11) is 3.89. The Balaban J connectivity index is 1.46. The highest BCUT2D eigenvalue weighted by Gasteiger charge is 2.25. The number of anilines is 3. The number of ether oxygens (including phenoxy) is 1. The van der Waals surface area contributed by atoms with Gasteiger partial charge in [0.1, 0.15) is 0 Å². The van der Waals surface area contributed by atoms with Gasteiger partial charge in [-0.2, -0.15) is 19.6 Å². The fourth-order valence-corrected chi connectivity index (χ4v) is 5.39. The first kappa shape index (κ1) is 30.6. The molecule has 1 atom stereocenters. The van der Waals surface area contributed by atoms with Crippen LogP contribution >= 0.6 is 0 Å². The number of nitrogens with zero attached hydrogens (tertiary/aromatic N) is 5. The molecule has 0 saturated carbocycles. The number of nitrogens with one attached hydrogen (secondary N) is 4. The molecule has 2 saturated heterocycles. The summed E-state index contributed by atoms with van der Waals surface area (Å²) in [6.07, 6.45) is 7.78. The lowest BCUT2D eigenvalue weighted by Gasteiger charge is -2.23. The van der Waals surface area contributed by atoms with E-state index in [-0.39, 0.29) is 36.1 Å². The maximum absolute atomic E-state index is 13.6. The van der Waals surface area contributed by atoms with Crippen molar-refractivity contribution < 1.29 is 14.3 Å². The lowest BCUT2D eigenvalue weighted by Crippen LogP contribution is -2.29. The average Bonchev–Trinajstić information content (AvgIpc) is 3.67. The summed E-state index contributed by atoms with van der Waals surface area (Å²) in [4.78, 5) is 38.2. The molecule has 0 radical (unpaired) electrons. The zero-order valence-electron chi connectivity index (χ0n) is 25.5. The Hall–Kier alpha value is -3.87. The molecule has 1 unspecified atom stereocenters. The largest absolute Gasteiger partial charge is 0.381 e. The highest BCUT2D eigenvalue weighted by Crippen LogP contribution is 2.26. The Morgan fingerprint density at radius 2 is 2.00 bits per heavy atom. The molecular weight excluding hydrogens is 546 g/mol. The number of ketones is 1. The van der Waals surface area contributed by atoms with Crippen LogP contribution in [0.1, 0.15) is 60.5 Å². The molecule has 0 aliphatic carbocycles. The second kappa shape index (κ2) is 14.1. The maximum atomic E-state index is 13.6. The Bertz CT molecular complexity index is 1450. The van der Waals surface area contributed by atoms with E-state index in [0.29, 0.717) is 49.5 Å². The number of carbonyl (C=O) groups excluding carboxylic acids is 2. The van der Waals surface area contributed by atoms with Gasteiger partial charge in [-0.1, -0.05) is 32.1 Å². The number of amides is 1. The molecule has 12 nitrogen and oxygen atoms in total. The van der Waals surface area contributed by atoms with E-state index >= 15 is 0 Å². The summed E-state index contributed by atoms with van der Waals surface area (Å²) < 4.78 is 7.22. The van der Waals surface area contributed by atoms with Crippen molar-refractivity contribution >= 4 is 34.9 Å². The summed E-state index contributed by atoms with van der Waals surface area (Å²) in [6, 6.07) is 5.77. The standard InChI is InChI=1S/C31H43N9O3/c1-20(2)24-19-34-40-28(24)37-30(35-23-11-15-43-16-12-23)38-31(40)33-18-21-7-5-8-25(36-29(42)22-10-13-32-17-22)27(21)26(41)9-6-14-39(3)4/h5-9,19-20,22-23,32H,10-18H2,1-4H3,(H,36,42)(H2,33,35,37,38)/b9-6+. The van der Waals surface area contributed by atoms with E-state index in [4.69, 9.17) is 14.7 Å². The van der Waals surface area contributed by atoms with Crippen LogP contribution < -0.4 is 21.3 Å². The topological polar surface area (TPSA) is 138 Å². The normalized spacial score (nSPS) is 17.8. The van der Waals surface area contributed by atoms with Crippen molar-refractivity contribution in [3.8, 4) is 0 Å². The molecule has 1 aromatic carbocycles. The second-order valence-electron chi connectivity index (χ2n) is 11.8. The minimum atomic E-state index is -0.171. The number of carbonyl (C=O) groups is 2. The van der Waals surface area contributed by atoms with Crippen molar-refractivity contribution in [2.75, 3.05) is 62.9 Å². The summed E-state index contributed by atoms with van der Waals surface area (Å²) in [5.41, 5.74) is 3.46. The Kier molecular flexibility index (Phi) is 10.0. The summed E-state index contributed by atoms with van der Waals surface area (Å²) in [5, 5.41) is 17.8. The predicted octanol–water partition coefficient (Wildman–Crippen LogP) is 3.30. The minimum absolute atomic E-state index is 0.0828. The lowest BCUT2D eigenvalue weighted by molar-refractivity contribution is -0.119. The third-order valence-electron chi connectivity index (χ3n) is 7.83. The zero-order valence-corrected chi connectivity index (χ0v) is 25.5. The van der Waals surface area contributed by atoms with Crippen LogP contribution in [0.15, 0.2) is 36.5 Å². The van der Waals surface area contributed by atoms with E-state index in [1.165, 1.54) is 0 Å². The van der Waals surface area contributed by atoms with Crippen LogP contribution in [0.2, 0.25) is 0 Å². The smallest absolute Gasteiger partial charge is 0.229 e. The van der Waals surface area contributed by atoms with Crippen molar-refractivity contribution in [1.82, 2.24) is 29.8 Å². The molecule has 2 aliphatic rings. The monoisotopic (exact) mass is 589 g/mol. The van der Waals surface area contributed by atoms with Gasteiger partial charge in [-0.15, -0.1) is 0 Å². The molecule has 5 rings (SSSR count). The van der Waals surface area contributed by atoms with Crippen LogP contribution in [0, 0.1) is 5.92 Å². The summed E-state index contributed by atoms with van der Waals surface area (Å²) >= 11 is 0. The van der Waals surface area contributed by atoms with Crippen molar-refractivity contribution in [3.05, 3.63) is 53.2 Å². The first-order valence-corrected chi connectivity index (χ1v) is 15.1. The minimum Gasteiger partial charge on any atom is -0.381 e. The highest BCUT2D eigenvalue weighted by atomic mass is 16.5.